The molecule has 0 bridgehead atoms. The first-order chi connectivity index (χ1) is 31.1. The van der Waals surface area contributed by atoms with Gasteiger partial charge in [0, 0.05) is 39.3 Å². The van der Waals surface area contributed by atoms with Gasteiger partial charge in [0.2, 0.25) is 0 Å². The molecule has 1 rings (SSSR count). The molecule has 0 aromatic carbocycles. The molecule has 1 fully saturated rings. The van der Waals surface area contributed by atoms with Crippen LogP contribution in [0, 0.1) is 5.92 Å². The second kappa shape index (κ2) is 55.6. The van der Waals surface area contributed by atoms with E-state index in [0.717, 1.165) is 5.92 Å². The van der Waals surface area contributed by atoms with Crippen molar-refractivity contribution in [2.45, 2.75) is 285 Å². The van der Waals surface area contributed by atoms with Crippen LogP contribution in [0.4, 0.5) is 0 Å². The molecule has 0 saturated carbocycles. The number of rotatable bonds is 49. The predicted molar refractivity (Wildman–Crippen MR) is 289 cm³/mol. The molecule has 2 N–H and O–H groups in total. The fourth-order valence-corrected chi connectivity index (χ4v) is 9.12. The third kappa shape index (κ3) is 53.8. The number of piperazine rings is 1. The number of allylic oxidation sites excluding steroid dienone is 4. The minimum atomic E-state index is 0.956. The molecule has 0 amide bonds. The number of nitrogens with zero attached hydrogens (tertiary/aromatic N) is 2. The third-order valence-electron chi connectivity index (χ3n) is 13.8. The number of hydrogen-bond donors (Lipinski definition) is 2. The predicted octanol–water partition coefficient (Wildman–Crippen LogP) is 17.8. The van der Waals surface area contributed by atoms with Crippen molar-refractivity contribution in [2.24, 2.45) is 5.92 Å². The monoisotopic (exact) mass is 885 g/mol. The molecule has 1 heterocycles. The lowest BCUT2D eigenvalue weighted by molar-refractivity contribution is 0.203. The van der Waals surface area contributed by atoms with Gasteiger partial charge in [0.25, 0.3) is 0 Å². The second-order valence-corrected chi connectivity index (χ2v) is 20.4. The van der Waals surface area contributed by atoms with Crippen molar-refractivity contribution in [3.05, 3.63) is 24.3 Å². The Morgan fingerprint density at radius 1 is 0.429 bits per heavy atom. The van der Waals surface area contributed by atoms with Crippen molar-refractivity contribution in [3.8, 4) is 0 Å². The van der Waals surface area contributed by atoms with Crippen molar-refractivity contribution in [3.63, 3.8) is 0 Å². The van der Waals surface area contributed by atoms with Crippen LogP contribution in [0.3, 0.4) is 0 Å². The van der Waals surface area contributed by atoms with Gasteiger partial charge >= 0.3 is 0 Å². The van der Waals surface area contributed by atoms with E-state index in [1.807, 2.05) is 0 Å². The molecule has 0 radical (unpaired) electrons. The fourth-order valence-electron chi connectivity index (χ4n) is 9.12. The van der Waals surface area contributed by atoms with E-state index >= 15 is 0 Å². The quantitative estimate of drug-likeness (QED) is 0.0471. The van der Waals surface area contributed by atoms with E-state index in [1.54, 1.807) is 0 Å². The molecule has 4 nitrogen and oxygen atoms in total. The van der Waals surface area contributed by atoms with E-state index in [0.29, 0.717) is 0 Å². The van der Waals surface area contributed by atoms with Crippen LogP contribution in [0.15, 0.2) is 24.3 Å². The lowest BCUT2D eigenvalue weighted by Crippen LogP contribution is -2.46. The normalized spacial score (nSPS) is 14.1. The van der Waals surface area contributed by atoms with Gasteiger partial charge < -0.3 is 15.5 Å². The Morgan fingerprint density at radius 2 is 0.762 bits per heavy atom. The molecular weight excluding hydrogens is 765 g/mol. The zero-order valence-electron chi connectivity index (χ0n) is 44.4. The average Bonchev–Trinajstić information content (AvgIpc) is 3.30. The Morgan fingerprint density at radius 3 is 1.16 bits per heavy atom. The zero-order valence-corrected chi connectivity index (χ0v) is 44.4. The summed E-state index contributed by atoms with van der Waals surface area (Å²) in [7, 11) is 2.29. The highest BCUT2D eigenvalue weighted by Crippen LogP contribution is 2.19. The standard InChI is InChI=1S/C34H69N.C25H51N3/c1-4-6-8-10-12-13-14-15-16-17-18-20-24-28-32-35-33-29-25-21-19-23-27-31-34(3)30-26-22-11-9-7-5-2;1-3-4-5-6-7-8-9-10-11-12-13-14-15-16-17-18-21-27(2)24-25-28-22-19-26-20-23-28/h14-15,34-35H,4-13,16-33H2,1-3H3;10-11,26H,3-9,12-25H2,1-2H3/b15-14+;11-10-. The van der Waals surface area contributed by atoms with Crippen LogP contribution >= 0.6 is 0 Å². The summed E-state index contributed by atoms with van der Waals surface area (Å²) in [5.41, 5.74) is 0. The van der Waals surface area contributed by atoms with E-state index in [4.69, 9.17) is 0 Å². The summed E-state index contributed by atoms with van der Waals surface area (Å²) >= 11 is 0. The molecule has 0 aliphatic carbocycles. The Hall–Kier alpha value is -0.680. The van der Waals surface area contributed by atoms with Crippen molar-refractivity contribution >= 4 is 0 Å². The minimum Gasteiger partial charge on any atom is -0.317 e. The second-order valence-electron chi connectivity index (χ2n) is 20.4. The molecule has 4 heteroatoms. The first-order valence-corrected chi connectivity index (χ1v) is 29.3. The summed E-state index contributed by atoms with van der Waals surface area (Å²) in [6.07, 6.45) is 66.0. The van der Waals surface area contributed by atoms with Crippen LogP contribution in [0.2, 0.25) is 0 Å². The van der Waals surface area contributed by atoms with Crippen LogP contribution in [0.1, 0.15) is 285 Å². The number of likely N-dealkylation sites (N-methyl/N-ethyl adjacent to an activating group) is 1. The summed E-state index contributed by atoms with van der Waals surface area (Å²) in [5, 5.41) is 7.10. The fraction of sp³-hybridized carbons (Fsp3) is 0.932. The summed E-state index contributed by atoms with van der Waals surface area (Å²) in [4.78, 5) is 5.12. The molecule has 0 aromatic heterocycles. The number of unbranched alkanes of at least 4 members (excludes halogenated alkanes) is 32. The summed E-state index contributed by atoms with van der Waals surface area (Å²) in [5.74, 6) is 0.956. The topological polar surface area (TPSA) is 30.5 Å². The molecule has 0 spiro atoms. The maximum absolute atomic E-state index is 3.67. The van der Waals surface area contributed by atoms with Crippen molar-refractivity contribution < 1.29 is 0 Å². The average molecular weight is 886 g/mol. The summed E-state index contributed by atoms with van der Waals surface area (Å²) in [6.45, 7) is 20.3. The van der Waals surface area contributed by atoms with Gasteiger partial charge in [-0.2, -0.15) is 0 Å². The van der Waals surface area contributed by atoms with Crippen LogP contribution in [0.5, 0.6) is 0 Å². The van der Waals surface area contributed by atoms with E-state index < -0.39 is 0 Å². The van der Waals surface area contributed by atoms with Crippen molar-refractivity contribution in [2.75, 3.05) is 66.0 Å². The van der Waals surface area contributed by atoms with E-state index in [2.05, 4.69) is 79.5 Å². The van der Waals surface area contributed by atoms with Crippen molar-refractivity contribution in [1.82, 2.24) is 20.4 Å². The van der Waals surface area contributed by atoms with Gasteiger partial charge in [0.1, 0.15) is 0 Å². The molecule has 376 valence electrons. The van der Waals surface area contributed by atoms with Crippen LogP contribution in [-0.4, -0.2) is 75.8 Å². The number of nitrogens with one attached hydrogen (secondary N) is 2. The summed E-state index contributed by atoms with van der Waals surface area (Å²) in [6, 6.07) is 0. The molecule has 1 saturated heterocycles. The van der Waals surface area contributed by atoms with Gasteiger partial charge in [-0.25, -0.2) is 0 Å². The highest BCUT2D eigenvalue weighted by molar-refractivity contribution is 4.82. The lowest BCUT2D eigenvalue weighted by Gasteiger charge is -2.29. The highest BCUT2D eigenvalue weighted by Gasteiger charge is 2.10. The van der Waals surface area contributed by atoms with Gasteiger partial charge in [-0.1, -0.05) is 238 Å². The maximum atomic E-state index is 3.67. The molecule has 63 heavy (non-hydrogen) atoms. The third-order valence-corrected chi connectivity index (χ3v) is 13.8. The SMILES string of the molecule is CCCCCCC/C=C/CCCCCCCNCCCCCCCCC(C)CCCCCCCC.CCCCCCCC/C=C\CCCCCCCCN(C)CCN1CCNCC1. The molecule has 1 atom stereocenters. The van der Waals surface area contributed by atoms with Gasteiger partial charge in [-0.05, 0) is 103 Å². The van der Waals surface area contributed by atoms with E-state index in [1.165, 1.54) is 316 Å². The Bertz CT molecular complexity index is 866. The van der Waals surface area contributed by atoms with Crippen molar-refractivity contribution in [1.29, 1.82) is 0 Å². The van der Waals surface area contributed by atoms with E-state index in [9.17, 15) is 0 Å². The molecule has 0 aromatic rings. The van der Waals surface area contributed by atoms with Gasteiger partial charge in [0.05, 0.1) is 0 Å². The Labute approximate surface area is 399 Å². The zero-order chi connectivity index (χ0) is 45.6. The first-order valence-electron chi connectivity index (χ1n) is 29.3. The molecular formula is C59H120N4. The van der Waals surface area contributed by atoms with Gasteiger partial charge in [-0.3, -0.25) is 4.90 Å². The molecule has 1 unspecified atom stereocenters. The van der Waals surface area contributed by atoms with E-state index in [-0.39, 0.29) is 0 Å². The molecule has 1 aliphatic rings. The van der Waals surface area contributed by atoms with Crippen LogP contribution < -0.4 is 10.6 Å². The maximum Gasteiger partial charge on any atom is 0.0110 e. The van der Waals surface area contributed by atoms with Crippen LogP contribution in [0.25, 0.3) is 0 Å². The largest absolute Gasteiger partial charge is 0.317 e. The molecule has 1 aliphatic heterocycles. The minimum absolute atomic E-state index is 0.956. The van der Waals surface area contributed by atoms with Gasteiger partial charge in [0.15, 0.2) is 0 Å². The number of hydrogen-bond acceptors (Lipinski definition) is 4. The lowest BCUT2D eigenvalue weighted by atomic mass is 9.96. The Balaban J connectivity index is 0.00000125. The van der Waals surface area contributed by atoms with Gasteiger partial charge in [-0.15, -0.1) is 0 Å². The summed E-state index contributed by atoms with van der Waals surface area (Å²) < 4.78 is 0. The Kier molecular flexibility index (Phi) is 55.0. The smallest absolute Gasteiger partial charge is 0.0110 e. The first kappa shape index (κ1) is 62.3. The highest BCUT2D eigenvalue weighted by atomic mass is 15.2. The van der Waals surface area contributed by atoms with Crippen LogP contribution in [-0.2, 0) is 0 Å².